The van der Waals surface area contributed by atoms with Crippen LogP contribution < -0.4 is 10.5 Å². The first-order valence-corrected chi connectivity index (χ1v) is 6.07. The second kappa shape index (κ2) is 4.78. The van der Waals surface area contributed by atoms with Crippen LogP contribution in [-0.4, -0.2) is 17.1 Å². The molecule has 2 rings (SSSR count). The van der Waals surface area contributed by atoms with Gasteiger partial charge in [0.1, 0.15) is 11.6 Å². The minimum Gasteiger partial charge on any atom is -0.475 e. The molecule has 3 nitrogen and oxygen atoms in total. The van der Waals surface area contributed by atoms with E-state index in [2.05, 4.69) is 4.98 Å². The summed E-state index contributed by atoms with van der Waals surface area (Å²) >= 11 is 11.7. The number of nitrogens with two attached hydrogens (primary N) is 1. The molecular weight excluding hydrogens is 247 g/mol. The Kier molecular flexibility index (Phi) is 3.57. The van der Waals surface area contributed by atoms with E-state index in [-0.39, 0.29) is 5.54 Å². The normalized spacial score (nSPS) is 18.7. The molecule has 0 bridgehead atoms. The van der Waals surface area contributed by atoms with Gasteiger partial charge in [0.15, 0.2) is 0 Å². The van der Waals surface area contributed by atoms with E-state index in [1.54, 1.807) is 6.07 Å². The fraction of sp³-hybridized carbons (Fsp3) is 0.545. The molecule has 1 aromatic rings. The van der Waals surface area contributed by atoms with Gasteiger partial charge in [0.2, 0.25) is 5.88 Å². The Bertz CT molecular complexity index is 378. The molecule has 0 aliphatic heterocycles. The topological polar surface area (TPSA) is 48.1 Å². The average molecular weight is 261 g/mol. The van der Waals surface area contributed by atoms with Gasteiger partial charge in [-0.15, -0.1) is 0 Å². The molecule has 0 spiro atoms. The first-order chi connectivity index (χ1) is 7.59. The third kappa shape index (κ3) is 2.78. The van der Waals surface area contributed by atoms with Crippen molar-refractivity contribution >= 4 is 23.2 Å². The first kappa shape index (κ1) is 12.0. The van der Waals surface area contributed by atoms with Crippen LogP contribution in [0.3, 0.4) is 0 Å². The molecule has 0 aromatic carbocycles. The smallest absolute Gasteiger partial charge is 0.232 e. The molecule has 1 aliphatic carbocycles. The third-order valence-corrected chi connectivity index (χ3v) is 3.35. The lowest BCUT2D eigenvalue weighted by Crippen LogP contribution is -2.42. The lowest BCUT2D eigenvalue weighted by atomic mass is 10.0. The van der Waals surface area contributed by atoms with Crippen molar-refractivity contribution in [2.24, 2.45) is 5.73 Å². The van der Waals surface area contributed by atoms with Crippen molar-refractivity contribution in [2.45, 2.75) is 31.2 Å². The van der Waals surface area contributed by atoms with Gasteiger partial charge >= 0.3 is 0 Å². The highest BCUT2D eigenvalue weighted by atomic mass is 35.5. The maximum atomic E-state index is 6.16. The van der Waals surface area contributed by atoms with Gasteiger partial charge < -0.3 is 10.5 Å². The summed E-state index contributed by atoms with van der Waals surface area (Å²) in [5.74, 6) is 0.405. The van der Waals surface area contributed by atoms with Gasteiger partial charge in [0, 0.05) is 6.20 Å². The number of hydrogen-bond acceptors (Lipinski definition) is 3. The summed E-state index contributed by atoms with van der Waals surface area (Å²) in [5.41, 5.74) is 5.95. The summed E-state index contributed by atoms with van der Waals surface area (Å²) in [5, 5.41) is 0.926. The summed E-state index contributed by atoms with van der Waals surface area (Å²) in [6.07, 6.45) is 5.85. The number of halogens is 2. The van der Waals surface area contributed by atoms with E-state index in [0.29, 0.717) is 22.5 Å². The van der Waals surface area contributed by atoms with Crippen molar-refractivity contribution in [2.75, 3.05) is 6.61 Å². The monoisotopic (exact) mass is 260 g/mol. The van der Waals surface area contributed by atoms with Gasteiger partial charge in [-0.05, 0) is 18.9 Å². The molecule has 5 heteroatoms. The number of hydrogen-bond donors (Lipinski definition) is 1. The Morgan fingerprint density at radius 2 is 2.06 bits per heavy atom. The summed E-state index contributed by atoms with van der Waals surface area (Å²) in [4.78, 5) is 4.03. The van der Waals surface area contributed by atoms with Crippen molar-refractivity contribution in [3.05, 3.63) is 22.3 Å². The van der Waals surface area contributed by atoms with E-state index >= 15 is 0 Å². The molecule has 0 unspecified atom stereocenters. The second-order valence-corrected chi connectivity index (χ2v) is 5.14. The number of nitrogens with zero attached hydrogens (tertiary/aromatic N) is 1. The molecule has 1 heterocycles. The fourth-order valence-corrected chi connectivity index (χ4v) is 2.38. The number of rotatable bonds is 3. The van der Waals surface area contributed by atoms with Crippen LogP contribution >= 0.6 is 23.2 Å². The zero-order chi connectivity index (χ0) is 11.6. The van der Waals surface area contributed by atoms with Crippen LogP contribution in [0.4, 0.5) is 0 Å². The maximum Gasteiger partial charge on any atom is 0.232 e. The molecule has 1 fully saturated rings. The Balaban J connectivity index is 1.99. The third-order valence-electron chi connectivity index (χ3n) is 2.87. The highest BCUT2D eigenvalue weighted by Gasteiger charge is 2.30. The average Bonchev–Trinajstić information content (AvgIpc) is 2.64. The Hall–Kier alpha value is -0.510. The van der Waals surface area contributed by atoms with E-state index in [1.165, 1.54) is 19.0 Å². The van der Waals surface area contributed by atoms with Crippen LogP contribution in [0.15, 0.2) is 12.3 Å². The van der Waals surface area contributed by atoms with Crippen molar-refractivity contribution in [1.82, 2.24) is 4.98 Å². The van der Waals surface area contributed by atoms with Crippen molar-refractivity contribution in [3.8, 4) is 5.88 Å². The molecule has 1 aromatic heterocycles. The highest BCUT2D eigenvalue weighted by Crippen LogP contribution is 2.30. The van der Waals surface area contributed by atoms with Gasteiger partial charge in [-0.2, -0.15) is 0 Å². The molecule has 0 saturated heterocycles. The van der Waals surface area contributed by atoms with Crippen molar-refractivity contribution in [1.29, 1.82) is 0 Å². The molecule has 0 radical (unpaired) electrons. The lowest BCUT2D eigenvalue weighted by Gasteiger charge is -2.23. The fourth-order valence-electron chi connectivity index (χ4n) is 1.94. The SMILES string of the molecule is NC1(COc2ncc(Cl)cc2Cl)CCCC1. The van der Waals surface area contributed by atoms with Crippen LogP contribution in [0.2, 0.25) is 10.0 Å². The zero-order valence-corrected chi connectivity index (χ0v) is 10.4. The Labute approximate surface area is 105 Å². The maximum absolute atomic E-state index is 6.16. The van der Waals surface area contributed by atoms with E-state index in [0.717, 1.165) is 12.8 Å². The molecule has 0 atom stereocenters. The quantitative estimate of drug-likeness (QED) is 0.909. The van der Waals surface area contributed by atoms with Crippen LogP contribution in [0, 0.1) is 0 Å². The molecule has 2 N–H and O–H groups in total. The molecule has 88 valence electrons. The summed E-state index contributed by atoms with van der Waals surface area (Å²) in [7, 11) is 0. The Morgan fingerprint density at radius 3 is 2.69 bits per heavy atom. The van der Waals surface area contributed by atoms with Gasteiger partial charge in [-0.25, -0.2) is 4.98 Å². The van der Waals surface area contributed by atoms with Crippen LogP contribution in [0.1, 0.15) is 25.7 Å². The van der Waals surface area contributed by atoms with Crippen LogP contribution in [0.25, 0.3) is 0 Å². The molecule has 1 aliphatic rings. The summed E-state index contributed by atoms with van der Waals surface area (Å²) in [6, 6.07) is 1.61. The highest BCUT2D eigenvalue weighted by molar-refractivity contribution is 6.35. The van der Waals surface area contributed by atoms with E-state index in [1.807, 2.05) is 0 Å². The van der Waals surface area contributed by atoms with Gasteiger partial charge in [0.05, 0.1) is 10.6 Å². The number of aromatic nitrogens is 1. The second-order valence-electron chi connectivity index (χ2n) is 4.30. The van der Waals surface area contributed by atoms with Crippen molar-refractivity contribution in [3.63, 3.8) is 0 Å². The van der Waals surface area contributed by atoms with E-state index in [9.17, 15) is 0 Å². The zero-order valence-electron chi connectivity index (χ0n) is 8.88. The molecule has 16 heavy (non-hydrogen) atoms. The largest absolute Gasteiger partial charge is 0.475 e. The minimum absolute atomic E-state index is 0.218. The molecular formula is C11H14Cl2N2O. The Morgan fingerprint density at radius 1 is 1.38 bits per heavy atom. The molecule has 1 saturated carbocycles. The van der Waals surface area contributed by atoms with Crippen LogP contribution in [-0.2, 0) is 0 Å². The summed E-state index contributed by atoms with van der Waals surface area (Å²) < 4.78 is 5.55. The van der Waals surface area contributed by atoms with E-state index in [4.69, 9.17) is 33.7 Å². The lowest BCUT2D eigenvalue weighted by molar-refractivity contribution is 0.213. The standard InChI is InChI=1S/C11H14Cl2N2O/c12-8-5-9(13)10(15-6-8)16-7-11(14)3-1-2-4-11/h5-6H,1-4,7,14H2. The predicted molar refractivity (Wildman–Crippen MR) is 65.1 cm³/mol. The number of ether oxygens (including phenoxy) is 1. The van der Waals surface area contributed by atoms with E-state index < -0.39 is 0 Å². The van der Waals surface area contributed by atoms with Crippen LogP contribution in [0.5, 0.6) is 5.88 Å². The predicted octanol–water partition coefficient (Wildman–Crippen LogP) is 3.04. The van der Waals surface area contributed by atoms with Gasteiger partial charge in [0.25, 0.3) is 0 Å². The number of pyridine rings is 1. The van der Waals surface area contributed by atoms with Gasteiger partial charge in [-0.3, -0.25) is 0 Å². The van der Waals surface area contributed by atoms with Gasteiger partial charge in [-0.1, -0.05) is 36.0 Å². The minimum atomic E-state index is -0.218. The van der Waals surface area contributed by atoms with Crippen molar-refractivity contribution < 1.29 is 4.74 Å². The molecule has 0 amide bonds. The summed E-state index contributed by atoms with van der Waals surface area (Å²) in [6.45, 7) is 0.460. The first-order valence-electron chi connectivity index (χ1n) is 5.32.